The summed E-state index contributed by atoms with van der Waals surface area (Å²) in [6, 6.07) is 16.6. The van der Waals surface area contributed by atoms with E-state index in [1.54, 1.807) is 0 Å². The standard InChI is InChI=1S/C19H21ClN2S/c1-22(2)12-11-19-17(16-5-3-4-6-18(16)21-19)13-23-15-9-7-14(20)8-10-15/h3-10,21H,11-13H2,1-2H3. The molecule has 1 N–H and O–H groups in total. The van der Waals surface area contributed by atoms with Gasteiger partial charge in [-0.05, 0) is 50.0 Å². The van der Waals surface area contributed by atoms with Gasteiger partial charge in [0.05, 0.1) is 0 Å². The third-order valence-electron chi connectivity index (χ3n) is 3.91. The van der Waals surface area contributed by atoms with E-state index in [0.29, 0.717) is 0 Å². The van der Waals surface area contributed by atoms with Gasteiger partial charge in [-0.25, -0.2) is 0 Å². The van der Waals surface area contributed by atoms with E-state index in [-0.39, 0.29) is 0 Å². The van der Waals surface area contributed by atoms with Crippen LogP contribution in [-0.4, -0.2) is 30.5 Å². The Kier molecular flexibility index (Phi) is 5.31. The van der Waals surface area contributed by atoms with Crippen LogP contribution in [0.2, 0.25) is 5.02 Å². The molecule has 0 aliphatic rings. The highest BCUT2D eigenvalue weighted by Gasteiger charge is 2.11. The molecule has 0 bridgehead atoms. The van der Waals surface area contributed by atoms with Gasteiger partial charge in [0.25, 0.3) is 0 Å². The topological polar surface area (TPSA) is 19.0 Å². The fourth-order valence-electron chi connectivity index (χ4n) is 2.66. The third-order valence-corrected chi connectivity index (χ3v) is 5.20. The highest BCUT2D eigenvalue weighted by atomic mass is 35.5. The maximum atomic E-state index is 5.97. The normalized spacial score (nSPS) is 11.5. The Labute approximate surface area is 146 Å². The fourth-order valence-corrected chi connectivity index (χ4v) is 3.75. The lowest BCUT2D eigenvalue weighted by Gasteiger charge is -2.10. The Morgan fingerprint density at radius 3 is 2.52 bits per heavy atom. The van der Waals surface area contributed by atoms with Gasteiger partial charge in [-0.15, -0.1) is 11.8 Å². The van der Waals surface area contributed by atoms with Crippen LogP contribution in [-0.2, 0) is 12.2 Å². The van der Waals surface area contributed by atoms with E-state index >= 15 is 0 Å². The number of rotatable bonds is 6. The second kappa shape index (κ2) is 7.43. The number of likely N-dealkylation sites (N-methyl/N-ethyl adjacent to an activating group) is 1. The number of benzene rings is 2. The van der Waals surface area contributed by atoms with Gasteiger partial charge in [-0.1, -0.05) is 29.8 Å². The van der Waals surface area contributed by atoms with Gasteiger partial charge in [0.1, 0.15) is 0 Å². The fraction of sp³-hybridized carbons (Fsp3) is 0.263. The third kappa shape index (κ3) is 4.11. The summed E-state index contributed by atoms with van der Waals surface area (Å²) in [5.41, 5.74) is 4.00. The van der Waals surface area contributed by atoms with Crippen molar-refractivity contribution >= 4 is 34.3 Å². The highest BCUT2D eigenvalue weighted by Crippen LogP contribution is 2.30. The molecule has 1 heterocycles. The molecule has 2 aromatic carbocycles. The number of H-pyrrole nitrogens is 1. The molecule has 4 heteroatoms. The van der Waals surface area contributed by atoms with Crippen LogP contribution in [0.1, 0.15) is 11.3 Å². The van der Waals surface area contributed by atoms with Crippen molar-refractivity contribution in [2.24, 2.45) is 0 Å². The van der Waals surface area contributed by atoms with Crippen molar-refractivity contribution in [3.8, 4) is 0 Å². The van der Waals surface area contributed by atoms with E-state index in [4.69, 9.17) is 11.6 Å². The first-order chi connectivity index (χ1) is 11.1. The average molecular weight is 345 g/mol. The van der Waals surface area contributed by atoms with Crippen molar-refractivity contribution < 1.29 is 0 Å². The molecule has 0 unspecified atom stereocenters. The van der Waals surface area contributed by atoms with Gasteiger partial charge in [-0.3, -0.25) is 0 Å². The van der Waals surface area contributed by atoms with Crippen LogP contribution >= 0.6 is 23.4 Å². The van der Waals surface area contributed by atoms with Gasteiger partial charge >= 0.3 is 0 Å². The second-order valence-corrected chi connectivity index (χ2v) is 7.41. The molecule has 0 spiro atoms. The minimum Gasteiger partial charge on any atom is -0.358 e. The lowest BCUT2D eigenvalue weighted by atomic mass is 10.1. The number of para-hydroxylation sites is 1. The van der Waals surface area contributed by atoms with Gasteiger partial charge in [0.2, 0.25) is 0 Å². The molecule has 2 nitrogen and oxygen atoms in total. The summed E-state index contributed by atoms with van der Waals surface area (Å²) in [7, 11) is 4.23. The van der Waals surface area contributed by atoms with Crippen molar-refractivity contribution in [2.75, 3.05) is 20.6 Å². The molecule has 3 rings (SSSR count). The maximum absolute atomic E-state index is 5.97. The monoisotopic (exact) mass is 344 g/mol. The molecule has 1 aromatic heterocycles. The zero-order chi connectivity index (χ0) is 16.2. The van der Waals surface area contributed by atoms with Crippen molar-refractivity contribution in [3.63, 3.8) is 0 Å². The quantitative estimate of drug-likeness (QED) is 0.618. The summed E-state index contributed by atoms with van der Waals surface area (Å²) in [5.74, 6) is 0.967. The van der Waals surface area contributed by atoms with E-state index < -0.39 is 0 Å². The molecule has 0 atom stereocenters. The Morgan fingerprint density at radius 2 is 1.78 bits per heavy atom. The average Bonchev–Trinajstić information content (AvgIpc) is 2.90. The number of nitrogens with zero attached hydrogens (tertiary/aromatic N) is 1. The van der Waals surface area contributed by atoms with Gasteiger partial charge in [0, 0.05) is 45.2 Å². The maximum Gasteiger partial charge on any atom is 0.0459 e. The summed E-state index contributed by atoms with van der Waals surface area (Å²) < 4.78 is 0. The van der Waals surface area contributed by atoms with Crippen LogP contribution in [0.15, 0.2) is 53.4 Å². The zero-order valence-electron chi connectivity index (χ0n) is 13.5. The smallest absolute Gasteiger partial charge is 0.0459 e. The van der Waals surface area contributed by atoms with Gasteiger partial charge in [-0.2, -0.15) is 0 Å². The highest BCUT2D eigenvalue weighted by molar-refractivity contribution is 7.98. The van der Waals surface area contributed by atoms with Crippen LogP contribution in [0, 0.1) is 0 Å². The van der Waals surface area contributed by atoms with Crippen molar-refractivity contribution in [3.05, 3.63) is 64.8 Å². The molecule has 0 fully saturated rings. The summed E-state index contributed by atoms with van der Waals surface area (Å²) in [6.07, 6.45) is 1.04. The van der Waals surface area contributed by atoms with Gasteiger partial charge in [0.15, 0.2) is 0 Å². The van der Waals surface area contributed by atoms with Gasteiger partial charge < -0.3 is 9.88 Å². The number of fused-ring (bicyclic) bond motifs is 1. The number of aromatic amines is 1. The second-order valence-electron chi connectivity index (χ2n) is 5.92. The van der Waals surface area contributed by atoms with Crippen molar-refractivity contribution in [1.29, 1.82) is 0 Å². The number of thioether (sulfide) groups is 1. The summed E-state index contributed by atoms with van der Waals surface area (Å²) in [5, 5.41) is 2.12. The lowest BCUT2D eigenvalue weighted by Crippen LogP contribution is -2.15. The SMILES string of the molecule is CN(C)CCc1[nH]c2ccccc2c1CSc1ccc(Cl)cc1. The molecule has 23 heavy (non-hydrogen) atoms. The van der Waals surface area contributed by atoms with Crippen LogP contribution in [0.5, 0.6) is 0 Å². The van der Waals surface area contributed by atoms with E-state index in [0.717, 1.165) is 23.7 Å². The number of hydrogen-bond acceptors (Lipinski definition) is 2. The minimum atomic E-state index is 0.785. The molecule has 0 radical (unpaired) electrons. The molecule has 0 aliphatic heterocycles. The number of aromatic nitrogens is 1. The Balaban J connectivity index is 1.84. The van der Waals surface area contributed by atoms with Crippen molar-refractivity contribution in [2.45, 2.75) is 17.1 Å². The Hall–Kier alpha value is -1.42. The first kappa shape index (κ1) is 16.4. The molecular weight excluding hydrogens is 324 g/mol. The molecule has 3 aromatic rings. The first-order valence-corrected chi connectivity index (χ1v) is 9.11. The summed E-state index contributed by atoms with van der Waals surface area (Å²) in [6.45, 7) is 1.05. The molecule has 0 saturated heterocycles. The molecule has 0 aliphatic carbocycles. The lowest BCUT2D eigenvalue weighted by molar-refractivity contribution is 0.412. The number of halogens is 1. The van der Waals surface area contributed by atoms with Crippen LogP contribution in [0.3, 0.4) is 0 Å². The molecular formula is C19H21ClN2S. The first-order valence-electron chi connectivity index (χ1n) is 7.75. The Morgan fingerprint density at radius 1 is 1.04 bits per heavy atom. The van der Waals surface area contributed by atoms with Crippen LogP contribution < -0.4 is 0 Å². The predicted octanol–water partition coefficient (Wildman–Crippen LogP) is 5.22. The predicted molar refractivity (Wildman–Crippen MR) is 102 cm³/mol. The molecule has 120 valence electrons. The van der Waals surface area contributed by atoms with E-state index in [1.165, 1.54) is 27.1 Å². The van der Waals surface area contributed by atoms with Crippen LogP contribution in [0.25, 0.3) is 10.9 Å². The zero-order valence-corrected chi connectivity index (χ0v) is 15.0. The minimum absolute atomic E-state index is 0.785. The molecule has 0 amide bonds. The number of hydrogen-bond donors (Lipinski definition) is 1. The van der Waals surface area contributed by atoms with E-state index in [1.807, 2.05) is 23.9 Å². The van der Waals surface area contributed by atoms with Crippen LogP contribution in [0.4, 0.5) is 0 Å². The largest absolute Gasteiger partial charge is 0.358 e. The van der Waals surface area contributed by atoms with Crippen molar-refractivity contribution in [1.82, 2.24) is 9.88 Å². The Bertz CT molecular complexity index is 778. The molecule has 0 saturated carbocycles. The van der Waals surface area contributed by atoms with E-state index in [9.17, 15) is 0 Å². The number of nitrogens with one attached hydrogen (secondary N) is 1. The summed E-state index contributed by atoms with van der Waals surface area (Å²) in [4.78, 5) is 7.08. The van der Waals surface area contributed by atoms with E-state index in [2.05, 4.69) is 60.4 Å². The summed E-state index contributed by atoms with van der Waals surface area (Å²) >= 11 is 7.82.